The highest BCUT2D eigenvalue weighted by atomic mass is 127. The van der Waals surface area contributed by atoms with Crippen molar-refractivity contribution in [2.24, 2.45) is 0 Å². The zero-order valence-electron chi connectivity index (χ0n) is 11.4. The third-order valence-corrected chi connectivity index (χ3v) is 4.48. The number of halogens is 1. The molecular formula is C14H20IN3S. The van der Waals surface area contributed by atoms with Gasteiger partial charge in [-0.25, -0.2) is 0 Å². The van der Waals surface area contributed by atoms with E-state index in [2.05, 4.69) is 69.1 Å². The van der Waals surface area contributed by atoms with Crippen LogP contribution < -0.4 is 0 Å². The summed E-state index contributed by atoms with van der Waals surface area (Å²) in [5.74, 6) is 0. The number of nitrogens with zero attached hydrogens (tertiary/aromatic N) is 2. The number of benzene rings is 1. The minimum absolute atomic E-state index is 0.830. The second-order valence-electron chi connectivity index (χ2n) is 4.62. The maximum atomic E-state index is 5.42. The summed E-state index contributed by atoms with van der Waals surface area (Å²) in [6.07, 6.45) is 1.13. The monoisotopic (exact) mass is 389 g/mol. The van der Waals surface area contributed by atoms with Crippen LogP contribution >= 0.6 is 34.8 Å². The maximum absolute atomic E-state index is 5.42. The van der Waals surface area contributed by atoms with Gasteiger partial charge in [0.15, 0.2) is 4.77 Å². The fourth-order valence-corrected chi connectivity index (χ4v) is 3.14. The van der Waals surface area contributed by atoms with Crippen molar-refractivity contribution in [3.8, 4) is 0 Å². The summed E-state index contributed by atoms with van der Waals surface area (Å²) in [5.41, 5.74) is 2.35. The number of fused-ring (bicyclic) bond motifs is 1. The van der Waals surface area contributed by atoms with Gasteiger partial charge in [-0.2, -0.15) is 0 Å². The third-order valence-electron chi connectivity index (χ3n) is 3.49. The SMILES string of the molecule is CCN(CC)CCCn1c(=S)[nH]c2cc(I)ccc21. The molecule has 1 aromatic carbocycles. The Bertz CT molecular complexity index is 598. The molecule has 5 heteroatoms. The molecule has 0 fully saturated rings. The molecule has 1 aromatic heterocycles. The molecule has 1 N–H and O–H groups in total. The van der Waals surface area contributed by atoms with Crippen molar-refractivity contribution in [3.05, 3.63) is 26.5 Å². The summed E-state index contributed by atoms with van der Waals surface area (Å²) in [5, 5.41) is 0. The lowest BCUT2D eigenvalue weighted by atomic mass is 10.3. The first kappa shape index (κ1) is 15.0. The standard InChI is InChI=1S/C14H20IN3S/c1-3-17(4-2)8-5-9-18-13-7-6-11(15)10-12(13)16-14(18)19/h6-7,10H,3-5,8-9H2,1-2H3,(H,16,19). The number of nitrogens with one attached hydrogen (secondary N) is 1. The molecule has 0 amide bonds. The van der Waals surface area contributed by atoms with Crippen LogP contribution in [0.1, 0.15) is 20.3 Å². The van der Waals surface area contributed by atoms with Crippen LogP contribution in [0.15, 0.2) is 18.2 Å². The first-order chi connectivity index (χ1) is 9.15. The fourth-order valence-electron chi connectivity index (χ4n) is 2.35. The van der Waals surface area contributed by atoms with Gasteiger partial charge >= 0.3 is 0 Å². The third kappa shape index (κ3) is 3.58. The molecule has 104 valence electrons. The number of H-pyrrole nitrogens is 1. The van der Waals surface area contributed by atoms with Crippen LogP contribution in [0, 0.1) is 8.34 Å². The number of aromatic nitrogens is 2. The fraction of sp³-hybridized carbons (Fsp3) is 0.500. The summed E-state index contributed by atoms with van der Waals surface area (Å²) < 4.78 is 4.28. The quantitative estimate of drug-likeness (QED) is 0.596. The Kier molecular flexibility index (Phi) is 5.41. The number of rotatable bonds is 6. The normalized spacial score (nSPS) is 11.6. The lowest BCUT2D eigenvalue weighted by molar-refractivity contribution is 0.293. The number of aromatic amines is 1. The Morgan fingerprint density at radius 1 is 1.32 bits per heavy atom. The highest BCUT2D eigenvalue weighted by Gasteiger charge is 2.05. The molecule has 0 aliphatic carbocycles. The molecule has 1 heterocycles. The van der Waals surface area contributed by atoms with Gasteiger partial charge in [-0.15, -0.1) is 0 Å². The molecule has 0 aliphatic heterocycles. The van der Waals surface area contributed by atoms with E-state index in [1.807, 2.05) is 0 Å². The van der Waals surface area contributed by atoms with Crippen LogP contribution in [0.2, 0.25) is 0 Å². The van der Waals surface area contributed by atoms with E-state index in [1.54, 1.807) is 0 Å². The van der Waals surface area contributed by atoms with Crippen LogP contribution in [0.25, 0.3) is 11.0 Å². The van der Waals surface area contributed by atoms with E-state index in [1.165, 1.54) is 9.09 Å². The zero-order valence-corrected chi connectivity index (χ0v) is 14.4. The van der Waals surface area contributed by atoms with Crippen molar-refractivity contribution in [2.75, 3.05) is 19.6 Å². The van der Waals surface area contributed by atoms with Crippen LogP contribution in [0.5, 0.6) is 0 Å². The zero-order chi connectivity index (χ0) is 13.8. The van der Waals surface area contributed by atoms with E-state index < -0.39 is 0 Å². The average Bonchev–Trinajstić information content (AvgIpc) is 2.70. The highest BCUT2D eigenvalue weighted by molar-refractivity contribution is 14.1. The molecule has 3 nitrogen and oxygen atoms in total. The van der Waals surface area contributed by atoms with E-state index in [4.69, 9.17) is 12.2 Å². The van der Waals surface area contributed by atoms with Crippen molar-refractivity contribution >= 4 is 45.8 Å². The molecule has 2 rings (SSSR count). The molecular weight excluding hydrogens is 369 g/mol. The Hall–Kier alpha value is -0.400. The van der Waals surface area contributed by atoms with Gasteiger partial charge in [-0.05, 0) is 79.1 Å². The van der Waals surface area contributed by atoms with Crippen molar-refractivity contribution < 1.29 is 0 Å². The minimum Gasteiger partial charge on any atom is -0.331 e. The van der Waals surface area contributed by atoms with E-state index in [0.29, 0.717) is 0 Å². The van der Waals surface area contributed by atoms with Crippen molar-refractivity contribution in [2.45, 2.75) is 26.8 Å². The molecule has 0 aliphatic rings. The molecule has 0 spiro atoms. The van der Waals surface area contributed by atoms with E-state index >= 15 is 0 Å². The van der Waals surface area contributed by atoms with Gasteiger partial charge in [-0.3, -0.25) is 0 Å². The van der Waals surface area contributed by atoms with Crippen LogP contribution in [0.4, 0.5) is 0 Å². The van der Waals surface area contributed by atoms with Crippen molar-refractivity contribution in [1.29, 1.82) is 0 Å². The summed E-state index contributed by atoms with van der Waals surface area (Å²) in [7, 11) is 0. The molecule has 0 unspecified atom stereocenters. The van der Waals surface area contributed by atoms with Crippen LogP contribution in [-0.4, -0.2) is 34.1 Å². The second-order valence-corrected chi connectivity index (χ2v) is 6.26. The van der Waals surface area contributed by atoms with E-state index in [0.717, 1.165) is 42.9 Å². The topological polar surface area (TPSA) is 24.0 Å². The van der Waals surface area contributed by atoms with Crippen LogP contribution in [-0.2, 0) is 6.54 Å². The number of imidazole rings is 1. The Morgan fingerprint density at radius 2 is 2.05 bits per heavy atom. The maximum Gasteiger partial charge on any atom is 0.178 e. The Morgan fingerprint density at radius 3 is 2.74 bits per heavy atom. The summed E-state index contributed by atoms with van der Waals surface area (Å²) in [6, 6.07) is 6.43. The largest absolute Gasteiger partial charge is 0.331 e. The predicted molar refractivity (Wildman–Crippen MR) is 92.2 cm³/mol. The second kappa shape index (κ2) is 6.85. The first-order valence-corrected chi connectivity index (χ1v) is 8.24. The smallest absolute Gasteiger partial charge is 0.178 e. The highest BCUT2D eigenvalue weighted by Crippen LogP contribution is 2.17. The molecule has 2 aromatic rings. The van der Waals surface area contributed by atoms with E-state index in [-0.39, 0.29) is 0 Å². The van der Waals surface area contributed by atoms with Crippen LogP contribution in [0.3, 0.4) is 0 Å². The number of hydrogen-bond acceptors (Lipinski definition) is 2. The lowest BCUT2D eigenvalue weighted by Crippen LogP contribution is -2.24. The van der Waals surface area contributed by atoms with Gasteiger partial charge in [0.25, 0.3) is 0 Å². The lowest BCUT2D eigenvalue weighted by Gasteiger charge is -2.17. The molecule has 0 atom stereocenters. The average molecular weight is 389 g/mol. The molecule has 0 bridgehead atoms. The number of aryl methyl sites for hydroxylation is 1. The Balaban J connectivity index is 2.12. The molecule has 0 saturated heterocycles. The summed E-state index contributed by atoms with van der Waals surface area (Å²) >= 11 is 7.75. The van der Waals surface area contributed by atoms with Gasteiger partial charge < -0.3 is 14.5 Å². The van der Waals surface area contributed by atoms with E-state index in [9.17, 15) is 0 Å². The summed E-state index contributed by atoms with van der Waals surface area (Å²) in [6.45, 7) is 8.77. The van der Waals surface area contributed by atoms with Crippen molar-refractivity contribution in [1.82, 2.24) is 14.5 Å². The van der Waals surface area contributed by atoms with Gasteiger partial charge in [0.2, 0.25) is 0 Å². The van der Waals surface area contributed by atoms with Gasteiger partial charge in [0.1, 0.15) is 0 Å². The van der Waals surface area contributed by atoms with Gasteiger partial charge in [-0.1, -0.05) is 13.8 Å². The molecule has 0 saturated carbocycles. The van der Waals surface area contributed by atoms with Gasteiger partial charge in [0, 0.05) is 10.1 Å². The Labute approximate surface area is 133 Å². The molecule has 0 radical (unpaired) electrons. The first-order valence-electron chi connectivity index (χ1n) is 6.76. The van der Waals surface area contributed by atoms with Crippen molar-refractivity contribution in [3.63, 3.8) is 0 Å². The van der Waals surface area contributed by atoms with Gasteiger partial charge in [0.05, 0.1) is 11.0 Å². The predicted octanol–water partition coefficient (Wildman–Crippen LogP) is 4.04. The minimum atomic E-state index is 0.830. The summed E-state index contributed by atoms with van der Waals surface area (Å²) in [4.78, 5) is 5.74. The number of hydrogen-bond donors (Lipinski definition) is 1. The molecule has 19 heavy (non-hydrogen) atoms.